The van der Waals surface area contributed by atoms with Crippen molar-refractivity contribution >= 4 is 35.0 Å². The zero-order chi connectivity index (χ0) is 23.7. The average molecular weight is 489 g/mol. The van der Waals surface area contributed by atoms with E-state index < -0.39 is 0 Å². The Morgan fingerprint density at radius 2 is 1.82 bits per heavy atom. The van der Waals surface area contributed by atoms with Gasteiger partial charge in [0.25, 0.3) is 0 Å². The normalized spacial score (nSPS) is 17.3. The van der Waals surface area contributed by atoms with Crippen molar-refractivity contribution in [3.05, 3.63) is 87.7 Å². The van der Waals surface area contributed by atoms with E-state index in [1.807, 2.05) is 24.3 Å². The van der Waals surface area contributed by atoms with Crippen LogP contribution < -0.4 is 4.90 Å². The van der Waals surface area contributed by atoms with Crippen LogP contribution in [0.2, 0.25) is 10.0 Å². The summed E-state index contributed by atoms with van der Waals surface area (Å²) in [7, 11) is 2.20. The maximum absolute atomic E-state index is 9.04. The zero-order valence-corrected chi connectivity index (χ0v) is 20.7. The van der Waals surface area contributed by atoms with Crippen molar-refractivity contribution in [1.29, 1.82) is 5.26 Å². The van der Waals surface area contributed by atoms with E-state index in [1.165, 1.54) is 11.3 Å². The predicted molar refractivity (Wildman–Crippen MR) is 141 cm³/mol. The molecule has 172 valence electrons. The van der Waals surface area contributed by atoms with Crippen LogP contribution in [0.3, 0.4) is 0 Å². The topological polar surface area (TPSA) is 43.2 Å². The van der Waals surface area contributed by atoms with Crippen LogP contribution in [-0.2, 0) is 5.41 Å². The van der Waals surface area contributed by atoms with Gasteiger partial charge in [0.15, 0.2) is 0 Å². The molecule has 0 saturated carbocycles. The highest BCUT2D eigenvalue weighted by Crippen LogP contribution is 2.47. The fourth-order valence-corrected chi connectivity index (χ4v) is 5.58. The van der Waals surface area contributed by atoms with Crippen LogP contribution in [0, 0.1) is 11.3 Å². The van der Waals surface area contributed by atoms with Crippen LogP contribution in [0.1, 0.15) is 29.7 Å². The fraction of sp³-hybridized carbons (Fsp3) is 0.286. The quantitative estimate of drug-likeness (QED) is 0.424. The molecule has 0 radical (unpaired) electrons. The second-order valence-electron chi connectivity index (χ2n) is 9.29. The molecule has 3 heterocycles. The molecule has 1 spiro atoms. The first-order valence-corrected chi connectivity index (χ1v) is 12.3. The number of nitriles is 1. The molecule has 0 bridgehead atoms. The van der Waals surface area contributed by atoms with Crippen molar-refractivity contribution < 1.29 is 0 Å². The molecular formula is C28H26Cl2N4. The first-order chi connectivity index (χ1) is 16.5. The van der Waals surface area contributed by atoms with Crippen molar-refractivity contribution in [3.8, 4) is 17.2 Å². The number of hydrogen-bond acceptors (Lipinski definition) is 4. The standard InChI is InChI=1S/C28H26Cl2N4/c1-33-19-28(24-16-21(6-9-27(24)33)22-5-7-23(17-31)32-18-22)10-13-34(14-11-28)12-2-3-20-4-8-25(29)26(30)15-20/h2-9,15-16,18H,10-14,19H2,1H3/b3-2+. The van der Waals surface area contributed by atoms with Gasteiger partial charge in [0.2, 0.25) is 0 Å². The predicted octanol–water partition coefficient (Wildman–Crippen LogP) is 6.42. The Morgan fingerprint density at radius 3 is 2.53 bits per heavy atom. The van der Waals surface area contributed by atoms with Gasteiger partial charge in [-0.1, -0.05) is 47.5 Å². The summed E-state index contributed by atoms with van der Waals surface area (Å²) in [6, 6.07) is 18.4. The van der Waals surface area contributed by atoms with Gasteiger partial charge in [-0.3, -0.25) is 4.90 Å². The zero-order valence-electron chi connectivity index (χ0n) is 19.1. The van der Waals surface area contributed by atoms with Crippen molar-refractivity contribution in [2.75, 3.05) is 38.1 Å². The maximum Gasteiger partial charge on any atom is 0.140 e. The van der Waals surface area contributed by atoms with Gasteiger partial charge in [-0.15, -0.1) is 0 Å². The highest BCUT2D eigenvalue weighted by atomic mass is 35.5. The van der Waals surface area contributed by atoms with Crippen molar-refractivity contribution in [2.45, 2.75) is 18.3 Å². The molecule has 2 aliphatic heterocycles. The van der Waals surface area contributed by atoms with Crippen molar-refractivity contribution in [1.82, 2.24) is 9.88 Å². The molecule has 6 heteroatoms. The lowest BCUT2D eigenvalue weighted by Crippen LogP contribution is -2.44. The molecule has 1 fully saturated rings. The van der Waals surface area contributed by atoms with Gasteiger partial charge in [-0.25, -0.2) is 4.98 Å². The third-order valence-corrected chi connectivity index (χ3v) is 7.90. The van der Waals surface area contributed by atoms with Crippen LogP contribution in [0.4, 0.5) is 5.69 Å². The molecule has 2 aromatic carbocycles. The van der Waals surface area contributed by atoms with Crippen molar-refractivity contribution in [3.63, 3.8) is 0 Å². The summed E-state index contributed by atoms with van der Waals surface area (Å²) in [6.07, 6.45) is 8.40. The summed E-state index contributed by atoms with van der Waals surface area (Å²) in [5.41, 5.74) is 6.69. The highest BCUT2D eigenvalue weighted by Gasteiger charge is 2.43. The van der Waals surface area contributed by atoms with E-state index >= 15 is 0 Å². The minimum atomic E-state index is 0.185. The molecule has 2 aliphatic rings. The van der Waals surface area contributed by atoms with Crippen molar-refractivity contribution in [2.24, 2.45) is 0 Å². The number of aromatic nitrogens is 1. The molecule has 34 heavy (non-hydrogen) atoms. The van der Waals surface area contributed by atoms with E-state index in [0.717, 1.165) is 55.7 Å². The molecule has 4 nitrogen and oxygen atoms in total. The molecule has 0 aliphatic carbocycles. The Balaban J connectivity index is 1.29. The molecule has 1 aromatic heterocycles. The first kappa shape index (κ1) is 22.9. The smallest absolute Gasteiger partial charge is 0.140 e. The number of halogens is 2. The summed E-state index contributed by atoms with van der Waals surface area (Å²) < 4.78 is 0. The summed E-state index contributed by atoms with van der Waals surface area (Å²) in [5, 5.41) is 10.2. The fourth-order valence-electron chi connectivity index (χ4n) is 5.27. The molecule has 1 saturated heterocycles. The second-order valence-corrected chi connectivity index (χ2v) is 10.1. The van der Waals surface area contributed by atoms with Crippen LogP contribution in [0.15, 0.2) is 60.8 Å². The van der Waals surface area contributed by atoms with E-state index in [1.54, 1.807) is 12.3 Å². The highest BCUT2D eigenvalue weighted by molar-refractivity contribution is 6.42. The van der Waals surface area contributed by atoms with Crippen LogP contribution in [-0.4, -0.2) is 43.1 Å². The third kappa shape index (κ3) is 4.44. The van der Waals surface area contributed by atoms with Gasteiger partial charge in [0.1, 0.15) is 11.8 Å². The van der Waals surface area contributed by atoms with E-state index in [4.69, 9.17) is 28.5 Å². The number of fused-ring (bicyclic) bond motifs is 2. The van der Waals surface area contributed by atoms with Gasteiger partial charge >= 0.3 is 0 Å². The Morgan fingerprint density at radius 1 is 1.03 bits per heavy atom. The summed E-state index contributed by atoms with van der Waals surface area (Å²) in [6.45, 7) is 4.13. The molecule has 0 unspecified atom stereocenters. The summed E-state index contributed by atoms with van der Waals surface area (Å²) >= 11 is 12.1. The van der Waals surface area contributed by atoms with Gasteiger partial charge < -0.3 is 4.90 Å². The molecule has 0 amide bonds. The lowest BCUT2D eigenvalue weighted by atomic mass is 9.73. The average Bonchev–Trinajstić information content (AvgIpc) is 3.13. The third-order valence-electron chi connectivity index (χ3n) is 7.16. The SMILES string of the molecule is CN1CC2(CCN(C/C=C/c3ccc(Cl)c(Cl)c3)CC2)c2cc(-c3ccc(C#N)nc3)ccc21. The number of benzene rings is 2. The molecule has 5 rings (SSSR count). The molecular weight excluding hydrogens is 463 g/mol. The Labute approximate surface area is 211 Å². The molecule has 0 atom stereocenters. The largest absolute Gasteiger partial charge is 0.373 e. The van der Waals surface area contributed by atoms with Crippen LogP contribution >= 0.6 is 23.2 Å². The minimum absolute atomic E-state index is 0.185. The van der Waals surface area contributed by atoms with Gasteiger partial charge in [-0.2, -0.15) is 5.26 Å². The maximum atomic E-state index is 9.04. The van der Waals surface area contributed by atoms with Gasteiger partial charge in [0.05, 0.1) is 10.0 Å². The van der Waals surface area contributed by atoms with E-state index in [2.05, 4.69) is 58.3 Å². The minimum Gasteiger partial charge on any atom is -0.373 e. The Kier molecular flexibility index (Phi) is 6.36. The molecule has 3 aromatic rings. The Hall–Kier alpha value is -2.84. The number of likely N-dealkylation sites (N-methyl/N-ethyl adjacent to an activating group) is 1. The number of rotatable bonds is 4. The monoisotopic (exact) mass is 488 g/mol. The van der Waals surface area contributed by atoms with E-state index in [9.17, 15) is 0 Å². The number of likely N-dealkylation sites (tertiary alicyclic amines) is 1. The van der Waals surface area contributed by atoms with Gasteiger partial charge in [0, 0.05) is 43.0 Å². The Bertz CT molecular complexity index is 1270. The number of piperidine rings is 1. The lowest BCUT2D eigenvalue weighted by Gasteiger charge is -2.39. The number of hydrogen-bond donors (Lipinski definition) is 0. The first-order valence-electron chi connectivity index (χ1n) is 11.5. The second kappa shape index (κ2) is 9.43. The number of nitrogens with zero attached hydrogens (tertiary/aromatic N) is 4. The summed E-state index contributed by atoms with van der Waals surface area (Å²) in [4.78, 5) is 9.18. The van der Waals surface area contributed by atoms with Crippen LogP contribution in [0.5, 0.6) is 0 Å². The lowest BCUT2D eigenvalue weighted by molar-refractivity contribution is 0.181. The van der Waals surface area contributed by atoms with E-state index in [0.29, 0.717) is 15.7 Å². The van der Waals surface area contributed by atoms with Gasteiger partial charge in [-0.05, 0) is 79.0 Å². The molecule has 0 N–H and O–H groups in total. The van der Waals surface area contributed by atoms with E-state index in [-0.39, 0.29) is 5.41 Å². The number of pyridine rings is 1. The van der Waals surface area contributed by atoms with Crippen LogP contribution in [0.25, 0.3) is 17.2 Å². The summed E-state index contributed by atoms with van der Waals surface area (Å²) in [5.74, 6) is 0. The number of anilines is 1.